The van der Waals surface area contributed by atoms with E-state index in [9.17, 15) is 21.6 Å². The van der Waals surface area contributed by atoms with Crippen LogP contribution in [0.1, 0.15) is 5.56 Å². The van der Waals surface area contributed by atoms with Crippen molar-refractivity contribution in [3.8, 4) is 17.0 Å². The molecule has 3 rings (SSSR count). The second-order valence-electron chi connectivity index (χ2n) is 5.76. The lowest BCUT2D eigenvalue weighted by atomic mass is 10.1. The smallest absolute Gasteiger partial charge is 0.406 e. The zero-order valence-corrected chi connectivity index (χ0v) is 15.3. The maximum Gasteiger partial charge on any atom is 0.573 e. The molecule has 0 saturated heterocycles. The summed E-state index contributed by atoms with van der Waals surface area (Å²) < 4.78 is 69.2. The molecule has 2 aromatic heterocycles. The number of aromatic nitrogens is 3. The Labute approximate surface area is 158 Å². The maximum absolute atomic E-state index is 12.4. The van der Waals surface area contributed by atoms with Gasteiger partial charge in [0.25, 0.3) is 0 Å². The van der Waals surface area contributed by atoms with Crippen molar-refractivity contribution in [3.63, 3.8) is 0 Å². The van der Waals surface area contributed by atoms with E-state index in [1.807, 2.05) is 0 Å². The van der Waals surface area contributed by atoms with Gasteiger partial charge in [0.1, 0.15) is 5.75 Å². The normalized spacial score (nSPS) is 12.1. The number of aryl methyl sites for hydroxylation is 1. The summed E-state index contributed by atoms with van der Waals surface area (Å²) in [5, 5.41) is 4.07. The van der Waals surface area contributed by atoms with Crippen LogP contribution < -0.4 is 9.46 Å². The molecule has 0 bridgehead atoms. The molecule has 0 amide bonds. The number of alkyl halides is 3. The van der Waals surface area contributed by atoms with Crippen molar-refractivity contribution in [1.29, 1.82) is 0 Å². The van der Waals surface area contributed by atoms with E-state index < -0.39 is 22.1 Å². The fraction of sp³-hybridized carbons (Fsp3) is 0.176. The third-order valence-corrected chi connectivity index (χ3v) is 5.11. The molecule has 0 aliphatic carbocycles. The molecule has 1 N–H and O–H groups in total. The van der Waals surface area contributed by atoms with Crippen LogP contribution in [-0.2, 0) is 23.6 Å². The van der Waals surface area contributed by atoms with E-state index in [2.05, 4.69) is 19.5 Å². The van der Waals surface area contributed by atoms with Crippen LogP contribution in [0.2, 0.25) is 0 Å². The molecule has 148 valence electrons. The molecule has 0 fully saturated rings. The predicted octanol–water partition coefficient (Wildman–Crippen LogP) is 2.86. The molecule has 1 aromatic carbocycles. The molecule has 28 heavy (non-hydrogen) atoms. The zero-order valence-electron chi connectivity index (χ0n) is 14.5. The number of pyridine rings is 1. The van der Waals surface area contributed by atoms with Gasteiger partial charge in [0.05, 0.1) is 16.8 Å². The number of benzene rings is 1. The van der Waals surface area contributed by atoms with Crippen molar-refractivity contribution in [1.82, 2.24) is 19.5 Å². The monoisotopic (exact) mass is 412 g/mol. The summed E-state index contributed by atoms with van der Waals surface area (Å²) in [6, 6.07) is 7.34. The predicted molar refractivity (Wildman–Crippen MR) is 93.6 cm³/mol. The van der Waals surface area contributed by atoms with Crippen LogP contribution in [0.25, 0.3) is 11.3 Å². The van der Waals surface area contributed by atoms with Gasteiger partial charge in [0, 0.05) is 31.5 Å². The summed E-state index contributed by atoms with van der Waals surface area (Å²) in [6.45, 7) is -0.0544. The van der Waals surface area contributed by atoms with Gasteiger partial charge in [-0.1, -0.05) is 6.07 Å². The third-order valence-electron chi connectivity index (χ3n) is 3.69. The van der Waals surface area contributed by atoms with E-state index in [0.29, 0.717) is 11.3 Å². The lowest BCUT2D eigenvalue weighted by Crippen LogP contribution is -2.23. The van der Waals surface area contributed by atoms with Crippen molar-refractivity contribution in [3.05, 3.63) is 60.6 Å². The molecule has 0 spiro atoms. The Bertz CT molecular complexity index is 1060. The van der Waals surface area contributed by atoms with Crippen LogP contribution in [0, 0.1) is 0 Å². The average Bonchev–Trinajstić information content (AvgIpc) is 3.06. The van der Waals surface area contributed by atoms with E-state index in [-0.39, 0.29) is 11.4 Å². The first kappa shape index (κ1) is 19.8. The summed E-state index contributed by atoms with van der Waals surface area (Å²) in [7, 11) is -2.20. The van der Waals surface area contributed by atoms with E-state index in [1.54, 1.807) is 42.5 Å². The molecular formula is C17H15F3N4O3S. The van der Waals surface area contributed by atoms with Gasteiger partial charge >= 0.3 is 6.36 Å². The largest absolute Gasteiger partial charge is 0.573 e. The Kier molecular flexibility index (Phi) is 5.38. The van der Waals surface area contributed by atoms with Crippen molar-refractivity contribution >= 4 is 10.0 Å². The number of nitrogens with zero attached hydrogens (tertiary/aromatic N) is 3. The summed E-state index contributed by atoms with van der Waals surface area (Å²) in [5.74, 6) is -0.502. The van der Waals surface area contributed by atoms with Gasteiger partial charge in [-0.3, -0.25) is 9.67 Å². The van der Waals surface area contributed by atoms with Gasteiger partial charge in [-0.25, -0.2) is 13.1 Å². The number of sulfonamides is 1. The molecule has 7 nitrogen and oxygen atoms in total. The summed E-state index contributed by atoms with van der Waals surface area (Å²) in [5.41, 5.74) is 1.93. The SMILES string of the molecule is Cn1cc(-c2ncccc2CNS(=O)(=O)c2ccc(OC(F)(F)F)cc2)cn1. The minimum absolute atomic E-state index is 0.0544. The fourth-order valence-corrected chi connectivity index (χ4v) is 3.47. The van der Waals surface area contributed by atoms with E-state index >= 15 is 0 Å². The number of nitrogens with one attached hydrogen (secondary N) is 1. The molecule has 0 saturated carbocycles. The van der Waals surface area contributed by atoms with Crippen LogP contribution in [0.15, 0.2) is 59.9 Å². The van der Waals surface area contributed by atoms with Gasteiger partial charge < -0.3 is 4.74 Å². The topological polar surface area (TPSA) is 86.1 Å². The van der Waals surface area contributed by atoms with Crippen LogP contribution in [-0.4, -0.2) is 29.5 Å². The number of ether oxygens (including phenoxy) is 1. The minimum Gasteiger partial charge on any atom is -0.406 e. The fourth-order valence-electron chi connectivity index (χ4n) is 2.46. The lowest BCUT2D eigenvalue weighted by molar-refractivity contribution is -0.274. The highest BCUT2D eigenvalue weighted by molar-refractivity contribution is 7.89. The Morgan fingerprint density at radius 1 is 1.18 bits per heavy atom. The first-order valence-corrected chi connectivity index (χ1v) is 9.41. The second-order valence-corrected chi connectivity index (χ2v) is 7.52. The van der Waals surface area contributed by atoms with Gasteiger partial charge in [-0.05, 0) is 35.9 Å². The molecule has 0 atom stereocenters. The number of hydrogen-bond donors (Lipinski definition) is 1. The molecule has 0 unspecified atom stereocenters. The van der Waals surface area contributed by atoms with Gasteiger partial charge in [0.2, 0.25) is 10.0 Å². The van der Waals surface area contributed by atoms with Gasteiger partial charge in [-0.2, -0.15) is 5.10 Å². The number of hydrogen-bond acceptors (Lipinski definition) is 5. The Balaban J connectivity index is 1.76. The average molecular weight is 412 g/mol. The van der Waals surface area contributed by atoms with E-state index in [4.69, 9.17) is 0 Å². The maximum atomic E-state index is 12.4. The van der Waals surface area contributed by atoms with Crippen LogP contribution >= 0.6 is 0 Å². The first-order chi connectivity index (χ1) is 13.1. The van der Waals surface area contributed by atoms with Crippen molar-refractivity contribution in [2.75, 3.05) is 0 Å². The summed E-state index contributed by atoms with van der Waals surface area (Å²) in [6.07, 6.45) is 0.0980. The van der Waals surface area contributed by atoms with Crippen LogP contribution in [0.5, 0.6) is 5.75 Å². The highest BCUT2D eigenvalue weighted by atomic mass is 32.2. The highest BCUT2D eigenvalue weighted by Crippen LogP contribution is 2.24. The molecule has 0 aliphatic heterocycles. The van der Waals surface area contributed by atoms with Crippen molar-refractivity contribution in [2.45, 2.75) is 17.8 Å². The molecular weight excluding hydrogens is 397 g/mol. The summed E-state index contributed by atoms with van der Waals surface area (Å²) in [4.78, 5) is 4.08. The van der Waals surface area contributed by atoms with E-state index in [0.717, 1.165) is 29.8 Å². The summed E-state index contributed by atoms with van der Waals surface area (Å²) >= 11 is 0. The number of halogens is 3. The second kappa shape index (κ2) is 7.60. The third kappa shape index (κ3) is 4.87. The lowest BCUT2D eigenvalue weighted by Gasteiger charge is -2.11. The Morgan fingerprint density at radius 2 is 1.89 bits per heavy atom. The highest BCUT2D eigenvalue weighted by Gasteiger charge is 2.31. The quantitative estimate of drug-likeness (QED) is 0.673. The van der Waals surface area contributed by atoms with Gasteiger partial charge in [0.15, 0.2) is 0 Å². The van der Waals surface area contributed by atoms with Gasteiger partial charge in [-0.15, -0.1) is 13.2 Å². The zero-order chi connectivity index (χ0) is 20.4. The van der Waals surface area contributed by atoms with Crippen molar-refractivity contribution in [2.24, 2.45) is 7.05 Å². The van der Waals surface area contributed by atoms with Crippen LogP contribution in [0.3, 0.4) is 0 Å². The van der Waals surface area contributed by atoms with Crippen molar-refractivity contribution < 1.29 is 26.3 Å². The molecule has 3 aromatic rings. The molecule has 0 aliphatic rings. The van der Waals surface area contributed by atoms with Crippen LogP contribution in [0.4, 0.5) is 13.2 Å². The first-order valence-electron chi connectivity index (χ1n) is 7.92. The minimum atomic E-state index is -4.85. The molecule has 0 radical (unpaired) electrons. The Hall–Kier alpha value is -2.92. The van der Waals surface area contributed by atoms with E-state index in [1.165, 1.54) is 0 Å². The molecule has 2 heterocycles. The molecule has 11 heteroatoms. The Morgan fingerprint density at radius 3 is 2.50 bits per heavy atom. The standard InChI is InChI=1S/C17H15F3N4O3S/c1-24-11-13(9-22-24)16-12(3-2-8-21-16)10-23-28(25,26)15-6-4-14(5-7-15)27-17(18,19)20/h2-9,11,23H,10H2,1H3. The number of rotatable bonds is 6.